The second kappa shape index (κ2) is 8.02. The molecule has 1 N–H and O–H groups in total. The molecule has 0 unspecified atom stereocenters. The first-order chi connectivity index (χ1) is 9.38. The van der Waals surface area contributed by atoms with Crippen LogP contribution in [0.5, 0.6) is 0 Å². The van der Waals surface area contributed by atoms with Crippen LogP contribution < -0.4 is 4.72 Å². The van der Waals surface area contributed by atoms with Crippen LogP contribution in [0.4, 0.5) is 8.78 Å². The molecule has 114 valence electrons. The summed E-state index contributed by atoms with van der Waals surface area (Å²) in [5.74, 6) is -1.96. The molecule has 0 aromatic heterocycles. The fourth-order valence-corrected chi connectivity index (χ4v) is 3.85. The Kier molecular flexibility index (Phi) is 7.01. The number of benzene rings is 1. The van der Waals surface area contributed by atoms with Crippen molar-refractivity contribution in [2.45, 2.75) is 24.2 Å². The van der Waals surface area contributed by atoms with E-state index in [1.54, 1.807) is 7.11 Å². The zero-order valence-electron chi connectivity index (χ0n) is 11.0. The molecule has 1 rings (SSSR count). The highest BCUT2D eigenvalue weighted by atomic mass is 79.9. The van der Waals surface area contributed by atoms with Crippen LogP contribution in [0.3, 0.4) is 0 Å². The van der Waals surface area contributed by atoms with E-state index in [1.807, 2.05) is 0 Å². The molecule has 0 fully saturated rings. The lowest BCUT2D eigenvalue weighted by Gasteiger charge is -2.09. The van der Waals surface area contributed by atoms with Gasteiger partial charge in [0.2, 0.25) is 10.0 Å². The smallest absolute Gasteiger partial charge is 0.244 e. The summed E-state index contributed by atoms with van der Waals surface area (Å²) < 4.78 is 57.4. The molecule has 0 saturated heterocycles. The average molecular weight is 372 g/mol. The first-order valence-corrected chi connectivity index (χ1v) is 8.29. The Morgan fingerprint density at radius 1 is 1.25 bits per heavy atom. The molecule has 0 bridgehead atoms. The minimum Gasteiger partial charge on any atom is -0.385 e. The maximum atomic E-state index is 13.6. The molecule has 4 nitrogen and oxygen atoms in total. The fourth-order valence-electron chi connectivity index (χ4n) is 1.61. The average Bonchev–Trinajstić information content (AvgIpc) is 2.31. The maximum Gasteiger partial charge on any atom is 0.244 e. The predicted molar refractivity (Wildman–Crippen MR) is 75.0 cm³/mol. The highest BCUT2D eigenvalue weighted by Crippen LogP contribution is 2.26. The largest absolute Gasteiger partial charge is 0.385 e. The minimum atomic E-state index is -4.00. The Bertz CT molecular complexity index is 529. The number of hydrogen-bond acceptors (Lipinski definition) is 3. The van der Waals surface area contributed by atoms with Crippen LogP contribution in [0.25, 0.3) is 0 Å². The third-order valence-corrected chi connectivity index (χ3v) is 4.97. The molecule has 0 aliphatic heterocycles. The number of hydrogen-bond donors (Lipinski definition) is 1. The maximum absolute atomic E-state index is 13.6. The molecular weight excluding hydrogens is 356 g/mol. The van der Waals surface area contributed by atoms with Gasteiger partial charge in [-0.1, -0.05) is 0 Å². The van der Waals surface area contributed by atoms with E-state index in [9.17, 15) is 17.2 Å². The lowest BCUT2D eigenvalue weighted by molar-refractivity contribution is 0.192. The highest BCUT2D eigenvalue weighted by molar-refractivity contribution is 9.10. The minimum absolute atomic E-state index is 0.137. The van der Waals surface area contributed by atoms with Gasteiger partial charge in [-0.05, 0) is 41.3 Å². The van der Waals surface area contributed by atoms with Gasteiger partial charge < -0.3 is 4.74 Å². The number of rotatable bonds is 8. The van der Waals surface area contributed by atoms with Gasteiger partial charge >= 0.3 is 0 Å². The van der Waals surface area contributed by atoms with Crippen molar-refractivity contribution in [2.75, 3.05) is 20.3 Å². The predicted octanol–water partition coefficient (Wildman–Crippen LogP) is 2.82. The molecule has 1 aromatic rings. The van der Waals surface area contributed by atoms with E-state index < -0.39 is 26.6 Å². The van der Waals surface area contributed by atoms with Gasteiger partial charge in [0.1, 0.15) is 16.5 Å². The van der Waals surface area contributed by atoms with Crippen molar-refractivity contribution in [3.8, 4) is 0 Å². The molecule has 0 heterocycles. The van der Waals surface area contributed by atoms with E-state index in [0.29, 0.717) is 19.1 Å². The van der Waals surface area contributed by atoms with E-state index in [-0.39, 0.29) is 11.0 Å². The molecule has 0 atom stereocenters. The molecule has 0 aliphatic rings. The first kappa shape index (κ1) is 17.5. The lowest BCUT2D eigenvalue weighted by atomic mass is 10.2. The van der Waals surface area contributed by atoms with Gasteiger partial charge in [0.25, 0.3) is 0 Å². The summed E-state index contributed by atoms with van der Waals surface area (Å²) in [5.41, 5.74) is 0. The van der Waals surface area contributed by atoms with Crippen molar-refractivity contribution in [1.82, 2.24) is 4.72 Å². The zero-order chi connectivity index (χ0) is 15.2. The molecule has 0 spiro atoms. The van der Waals surface area contributed by atoms with Crippen LogP contribution in [0.1, 0.15) is 19.3 Å². The quantitative estimate of drug-likeness (QED) is 0.714. The summed E-state index contributed by atoms with van der Waals surface area (Å²) >= 11 is 2.86. The topological polar surface area (TPSA) is 55.4 Å². The summed E-state index contributed by atoms with van der Waals surface area (Å²) in [6.07, 6.45) is 2.24. The Balaban J connectivity index is 2.66. The first-order valence-electron chi connectivity index (χ1n) is 6.01. The van der Waals surface area contributed by atoms with Crippen LogP contribution >= 0.6 is 15.9 Å². The summed E-state index contributed by atoms with van der Waals surface area (Å²) in [6, 6.07) is 1.45. The number of halogens is 3. The summed E-state index contributed by atoms with van der Waals surface area (Å²) in [7, 11) is -2.41. The Hall–Kier alpha value is -0.570. The third kappa shape index (κ3) is 5.08. The second-order valence-corrected chi connectivity index (χ2v) is 6.71. The Morgan fingerprint density at radius 3 is 2.55 bits per heavy atom. The molecule has 20 heavy (non-hydrogen) atoms. The summed E-state index contributed by atoms with van der Waals surface area (Å²) in [6.45, 7) is 0.806. The van der Waals surface area contributed by atoms with E-state index in [4.69, 9.17) is 4.74 Å². The van der Waals surface area contributed by atoms with Gasteiger partial charge in [-0.15, -0.1) is 0 Å². The van der Waals surface area contributed by atoms with Crippen molar-refractivity contribution in [3.63, 3.8) is 0 Å². The van der Waals surface area contributed by atoms with Gasteiger partial charge in [-0.3, -0.25) is 0 Å². The zero-order valence-corrected chi connectivity index (χ0v) is 13.4. The van der Waals surface area contributed by atoms with Crippen LogP contribution in [0.15, 0.2) is 21.5 Å². The van der Waals surface area contributed by atoms with Crippen molar-refractivity contribution in [3.05, 3.63) is 28.2 Å². The number of sulfonamides is 1. The molecule has 1 aromatic carbocycles. The van der Waals surface area contributed by atoms with E-state index >= 15 is 0 Å². The molecule has 0 aliphatic carbocycles. The van der Waals surface area contributed by atoms with Crippen LogP contribution in [-0.2, 0) is 14.8 Å². The molecule has 0 radical (unpaired) electrons. The third-order valence-electron chi connectivity index (χ3n) is 2.55. The Morgan fingerprint density at radius 2 is 1.95 bits per heavy atom. The van der Waals surface area contributed by atoms with Crippen LogP contribution in [0, 0.1) is 11.6 Å². The van der Waals surface area contributed by atoms with E-state index in [0.717, 1.165) is 18.9 Å². The van der Waals surface area contributed by atoms with E-state index in [1.165, 1.54) is 0 Å². The number of methoxy groups -OCH3 is 1. The normalized spacial score (nSPS) is 11.8. The monoisotopic (exact) mass is 371 g/mol. The van der Waals surface area contributed by atoms with Gasteiger partial charge in [-0.2, -0.15) is 0 Å². The fraction of sp³-hybridized carbons (Fsp3) is 0.500. The SMILES string of the molecule is COCCCCCNS(=O)(=O)c1c(F)cc(F)cc1Br. The van der Waals surface area contributed by atoms with Crippen molar-refractivity contribution < 1.29 is 21.9 Å². The van der Waals surface area contributed by atoms with Gasteiger partial charge in [0.05, 0.1) is 0 Å². The molecule has 0 saturated carbocycles. The Labute approximate surface area is 125 Å². The number of nitrogens with one attached hydrogen (secondary N) is 1. The standard InChI is InChI=1S/C12H16BrF2NO3S/c1-19-6-4-2-3-5-16-20(17,18)12-10(13)7-9(14)8-11(12)15/h7-8,16H,2-6H2,1H3. The molecular formula is C12H16BrF2NO3S. The molecule has 0 amide bonds. The van der Waals surface area contributed by atoms with Gasteiger partial charge in [0.15, 0.2) is 0 Å². The van der Waals surface area contributed by atoms with Crippen LogP contribution in [-0.4, -0.2) is 28.7 Å². The van der Waals surface area contributed by atoms with Gasteiger partial charge in [0, 0.05) is 30.8 Å². The lowest BCUT2D eigenvalue weighted by Crippen LogP contribution is -2.26. The van der Waals surface area contributed by atoms with Crippen molar-refractivity contribution in [1.29, 1.82) is 0 Å². The van der Waals surface area contributed by atoms with Crippen molar-refractivity contribution >= 4 is 26.0 Å². The summed E-state index contributed by atoms with van der Waals surface area (Å²) in [4.78, 5) is -0.573. The molecule has 8 heteroatoms. The number of unbranched alkanes of at least 4 members (excludes halogenated alkanes) is 2. The number of ether oxygens (including phenoxy) is 1. The van der Waals surface area contributed by atoms with Crippen LogP contribution in [0.2, 0.25) is 0 Å². The van der Waals surface area contributed by atoms with Crippen molar-refractivity contribution in [2.24, 2.45) is 0 Å². The van der Waals surface area contributed by atoms with E-state index in [2.05, 4.69) is 20.7 Å². The summed E-state index contributed by atoms with van der Waals surface area (Å²) in [5, 5.41) is 0. The highest BCUT2D eigenvalue weighted by Gasteiger charge is 2.23. The second-order valence-electron chi connectivity index (χ2n) is 4.15. The van der Waals surface area contributed by atoms with Gasteiger partial charge in [-0.25, -0.2) is 21.9 Å².